The van der Waals surface area contributed by atoms with Crippen LogP contribution < -0.4 is 15.2 Å². The molecule has 0 saturated carbocycles. The predicted octanol–water partition coefficient (Wildman–Crippen LogP) is 1.16. The molecule has 4 atom stereocenters. The Bertz CT molecular complexity index is 1290. The van der Waals surface area contributed by atoms with Gasteiger partial charge in [-0.2, -0.15) is 5.09 Å². The van der Waals surface area contributed by atoms with E-state index in [1.165, 1.54) is 42.4 Å². The van der Waals surface area contributed by atoms with E-state index < -0.39 is 44.3 Å². The van der Waals surface area contributed by atoms with Gasteiger partial charge in [0.15, 0.2) is 11.2 Å². The van der Waals surface area contributed by atoms with Crippen molar-refractivity contribution in [2.24, 2.45) is 0 Å². The third-order valence-corrected chi connectivity index (χ3v) is 6.25. The van der Waals surface area contributed by atoms with Crippen molar-refractivity contribution >= 4 is 24.9 Å². The topological polar surface area (TPSA) is 178 Å². The molecule has 4 N–H and O–H groups in total. The first-order valence-corrected chi connectivity index (χ1v) is 11.3. The van der Waals surface area contributed by atoms with Gasteiger partial charge in [0.2, 0.25) is 6.23 Å². The predicted molar refractivity (Wildman–Crippen MR) is 113 cm³/mol. The van der Waals surface area contributed by atoms with Crippen LogP contribution in [0, 0.1) is 0 Å². The molecule has 1 aromatic carbocycles. The van der Waals surface area contributed by atoms with E-state index in [4.69, 9.17) is 18.9 Å². The summed E-state index contributed by atoms with van der Waals surface area (Å²) in [6.07, 6.45) is 1.69. The summed E-state index contributed by atoms with van der Waals surface area (Å²) in [5, 5.41) is 21.9. The number of carboxylic acids is 1. The number of para-hydroxylation sites is 1. The van der Waals surface area contributed by atoms with Gasteiger partial charge in [0.05, 0.1) is 6.33 Å². The van der Waals surface area contributed by atoms with Crippen molar-refractivity contribution in [2.75, 3.05) is 6.61 Å². The highest BCUT2D eigenvalue weighted by molar-refractivity contribution is 7.52. The number of H-pyrrole nitrogens is 1. The minimum Gasteiger partial charge on any atom is -0.480 e. The first-order valence-electron chi connectivity index (χ1n) is 9.71. The first-order chi connectivity index (χ1) is 15.8. The van der Waals surface area contributed by atoms with Gasteiger partial charge in [-0.15, -0.1) is 0 Å². The lowest BCUT2D eigenvalue weighted by Gasteiger charge is -2.22. The van der Waals surface area contributed by atoms with E-state index in [0.29, 0.717) is 0 Å². The Morgan fingerprint density at radius 3 is 2.85 bits per heavy atom. The van der Waals surface area contributed by atoms with Gasteiger partial charge < -0.3 is 24.5 Å². The highest BCUT2D eigenvalue weighted by Gasteiger charge is 2.35. The van der Waals surface area contributed by atoms with Gasteiger partial charge in [-0.1, -0.05) is 18.2 Å². The summed E-state index contributed by atoms with van der Waals surface area (Å²) in [7, 11) is -4.16. The quantitative estimate of drug-likeness (QED) is 0.325. The van der Waals surface area contributed by atoms with E-state index in [2.05, 4.69) is 20.0 Å². The number of rotatable bonds is 9. The van der Waals surface area contributed by atoms with Crippen LogP contribution in [0.4, 0.5) is 0 Å². The number of nitrogens with zero attached hydrogens (tertiary/aromatic N) is 3. The summed E-state index contributed by atoms with van der Waals surface area (Å²) in [6.45, 7) is 0.883. The minimum absolute atomic E-state index is 0.0746. The third kappa shape index (κ3) is 4.96. The van der Waals surface area contributed by atoms with Gasteiger partial charge in [-0.3, -0.25) is 18.7 Å². The van der Waals surface area contributed by atoms with Gasteiger partial charge >= 0.3 is 13.7 Å². The average Bonchev–Trinajstić information content (AvgIpc) is 3.37. The lowest BCUT2D eigenvalue weighted by Crippen LogP contribution is -2.33. The molecule has 1 aliphatic heterocycles. The zero-order valence-electron chi connectivity index (χ0n) is 17.2. The summed E-state index contributed by atoms with van der Waals surface area (Å²) >= 11 is 0. The van der Waals surface area contributed by atoms with Crippen molar-refractivity contribution in [1.82, 2.24) is 24.6 Å². The monoisotopic (exact) mass is 477 g/mol. The minimum atomic E-state index is -4.16. The van der Waals surface area contributed by atoms with Crippen molar-refractivity contribution in [3.8, 4) is 5.75 Å². The van der Waals surface area contributed by atoms with E-state index >= 15 is 0 Å². The van der Waals surface area contributed by atoms with Gasteiger partial charge in [0, 0.05) is 0 Å². The van der Waals surface area contributed by atoms with Gasteiger partial charge in [0.1, 0.15) is 36.6 Å². The number of hydrogen-bond acceptors (Lipinski definition) is 9. The molecule has 2 aromatic heterocycles. The molecule has 1 unspecified atom stereocenters. The molecule has 33 heavy (non-hydrogen) atoms. The molecular weight excluding hydrogens is 457 g/mol. The number of ether oxygens (including phenoxy) is 1. The number of aromatic nitrogens is 4. The van der Waals surface area contributed by atoms with Gasteiger partial charge in [-0.25, -0.2) is 14.5 Å². The lowest BCUT2D eigenvalue weighted by atomic mass is 10.3. The van der Waals surface area contributed by atoms with Crippen molar-refractivity contribution in [2.45, 2.75) is 25.3 Å². The summed E-state index contributed by atoms with van der Waals surface area (Å²) in [6, 6.07) is 6.86. The van der Waals surface area contributed by atoms with Crippen LogP contribution in [0.2, 0.25) is 0 Å². The standard InChI is InChI=1S/C19H20N5O8P/c1-11(19(27)28)23-33(29,32-12-5-3-2-4-6-12)30-8-13-7-14(25)18(31-13)24-10-22-15-16(24)20-9-21-17(15)26/h2-7,9-11,14,18,25H,8H2,1H3,(H,23,29)(H,27,28)(H,20,21,26)/t11?,14-,18-,33+/m1/s1. The highest BCUT2D eigenvalue weighted by Crippen LogP contribution is 2.45. The maximum absolute atomic E-state index is 13.2. The zero-order chi connectivity index (χ0) is 23.6. The molecule has 0 aliphatic carbocycles. The largest absolute Gasteiger partial charge is 0.480 e. The number of fused-ring (bicyclic) bond motifs is 1. The molecule has 174 valence electrons. The molecule has 0 saturated heterocycles. The third-order valence-electron chi connectivity index (χ3n) is 4.63. The molecule has 0 radical (unpaired) electrons. The Labute approximate surface area is 186 Å². The highest BCUT2D eigenvalue weighted by atomic mass is 31.2. The number of carboxylic acid groups (broad SMARTS) is 1. The molecule has 0 amide bonds. The summed E-state index contributed by atoms with van der Waals surface area (Å²) in [5.41, 5.74) is -0.167. The molecular formula is C19H20N5O8P. The van der Waals surface area contributed by atoms with E-state index in [1.807, 2.05) is 0 Å². The number of aliphatic hydroxyl groups is 1. The summed E-state index contributed by atoms with van der Waals surface area (Å²) < 4.78 is 31.2. The fourth-order valence-electron chi connectivity index (χ4n) is 3.04. The van der Waals surface area contributed by atoms with E-state index in [0.717, 1.165) is 0 Å². The normalized spacial score (nSPS) is 20.6. The van der Waals surface area contributed by atoms with Gasteiger partial charge in [0.25, 0.3) is 5.56 Å². The number of nitrogens with one attached hydrogen (secondary N) is 2. The Balaban J connectivity index is 1.49. The van der Waals surface area contributed by atoms with Crippen LogP contribution in [0.25, 0.3) is 11.2 Å². The molecule has 0 spiro atoms. The Kier molecular flexibility index (Phi) is 6.29. The fraction of sp³-hybridized carbons (Fsp3) is 0.263. The molecule has 4 rings (SSSR count). The number of imidazole rings is 1. The number of benzene rings is 1. The molecule has 1 aliphatic rings. The molecule has 14 heteroatoms. The fourth-order valence-corrected chi connectivity index (χ4v) is 4.50. The smallest absolute Gasteiger partial charge is 0.459 e. The van der Waals surface area contributed by atoms with Crippen LogP contribution in [-0.4, -0.2) is 54.5 Å². The SMILES string of the molecule is CC(N[P@](=O)(OCC1=C[C@@H](O)[C@H](n2cnc3c(=O)[nH]cnc32)O1)Oc1ccccc1)C(=O)O. The van der Waals surface area contributed by atoms with Crippen LogP contribution in [0.15, 0.2) is 59.6 Å². The van der Waals surface area contributed by atoms with Crippen LogP contribution >= 0.6 is 7.75 Å². The Morgan fingerprint density at radius 1 is 1.36 bits per heavy atom. The summed E-state index contributed by atoms with van der Waals surface area (Å²) in [4.78, 5) is 33.5. The van der Waals surface area contributed by atoms with Crippen LogP contribution in [0.1, 0.15) is 13.2 Å². The van der Waals surface area contributed by atoms with Crippen LogP contribution in [0.3, 0.4) is 0 Å². The number of carbonyl (C=O) groups is 1. The maximum Gasteiger partial charge on any atom is 0.459 e. The molecule has 13 nitrogen and oxygen atoms in total. The number of aromatic amines is 1. The van der Waals surface area contributed by atoms with Crippen molar-refractivity contribution in [3.05, 3.63) is 65.2 Å². The van der Waals surface area contributed by atoms with E-state index in [-0.39, 0.29) is 22.7 Å². The van der Waals surface area contributed by atoms with Gasteiger partial charge in [-0.05, 0) is 25.1 Å². The maximum atomic E-state index is 13.2. The Morgan fingerprint density at radius 2 is 2.12 bits per heavy atom. The zero-order valence-corrected chi connectivity index (χ0v) is 18.1. The van der Waals surface area contributed by atoms with E-state index in [1.54, 1.807) is 18.2 Å². The van der Waals surface area contributed by atoms with Crippen LogP contribution in [-0.2, 0) is 18.6 Å². The second-order valence-corrected chi connectivity index (χ2v) is 8.75. The van der Waals surface area contributed by atoms with E-state index in [9.17, 15) is 19.3 Å². The van der Waals surface area contributed by atoms with Crippen molar-refractivity contribution < 1.29 is 33.4 Å². The van der Waals surface area contributed by atoms with Crippen molar-refractivity contribution in [3.63, 3.8) is 0 Å². The molecule has 0 fully saturated rings. The molecule has 3 aromatic rings. The van der Waals surface area contributed by atoms with Crippen LogP contribution in [0.5, 0.6) is 5.75 Å². The Hall–Kier alpha value is -3.51. The first kappa shape index (κ1) is 22.7. The molecule has 0 bridgehead atoms. The number of hydrogen-bond donors (Lipinski definition) is 4. The molecule has 3 heterocycles. The average molecular weight is 477 g/mol. The second-order valence-electron chi connectivity index (χ2n) is 7.05. The lowest BCUT2D eigenvalue weighted by molar-refractivity contribution is -0.138. The number of aliphatic hydroxyl groups excluding tert-OH is 1. The van der Waals surface area contributed by atoms with Crippen molar-refractivity contribution in [1.29, 1.82) is 0 Å². The summed E-state index contributed by atoms with van der Waals surface area (Å²) in [5.74, 6) is -0.941. The number of aliphatic carboxylic acids is 1. The second kappa shape index (κ2) is 9.16.